The van der Waals surface area contributed by atoms with Gasteiger partial charge < -0.3 is 62.1 Å². The minimum atomic E-state index is -1.09. The predicted molar refractivity (Wildman–Crippen MR) is 352 cm³/mol. The Morgan fingerprint density at radius 2 is 0.646 bits per heavy atom. The van der Waals surface area contributed by atoms with Crippen molar-refractivity contribution in [3.8, 4) is 11.4 Å². The van der Waals surface area contributed by atoms with Gasteiger partial charge in [0.2, 0.25) is 0 Å². The van der Waals surface area contributed by atoms with E-state index in [0.717, 1.165) is 22.3 Å². The van der Waals surface area contributed by atoms with Crippen LogP contribution < -0.4 is 21.3 Å². The van der Waals surface area contributed by atoms with Crippen LogP contribution in [-0.4, -0.2) is 304 Å². The first-order valence-corrected chi connectivity index (χ1v) is 31.6. The van der Waals surface area contributed by atoms with E-state index in [-0.39, 0.29) is 247 Å². The van der Waals surface area contributed by atoms with Crippen LogP contribution in [-0.2, 0) is 51.2 Å². The Bertz CT molecular complexity index is 3020. The second-order valence-corrected chi connectivity index (χ2v) is 24.1. The molecule has 4 unspecified atom stereocenters. The molecule has 12 N–H and O–H groups in total. The second kappa shape index (κ2) is 40.9. The van der Waals surface area contributed by atoms with Crippen LogP contribution >= 0.6 is 24.4 Å². The number of aromatic nitrogens is 2. The molecule has 3 aliphatic rings. The minimum absolute atomic E-state index is 0. The summed E-state index contributed by atoms with van der Waals surface area (Å²) in [6.07, 6.45) is 4.39. The number of carboxylic acid groups (broad SMARTS) is 8. The monoisotopic (exact) mass is 1660 g/mol. The normalized spacial score (nSPS) is 18.5. The van der Waals surface area contributed by atoms with E-state index in [0.29, 0.717) is 35.6 Å². The third kappa shape index (κ3) is 26.8. The van der Waals surface area contributed by atoms with Gasteiger partial charge in [-0.1, -0.05) is 36.4 Å². The summed E-state index contributed by atoms with van der Waals surface area (Å²) >= 11 is 11.9. The van der Waals surface area contributed by atoms with Crippen LogP contribution in [0, 0.1) is 79.9 Å². The van der Waals surface area contributed by atoms with Gasteiger partial charge in [-0.2, -0.15) is 0 Å². The maximum Gasteiger partial charge on any atom is 3.00 e. The van der Waals surface area contributed by atoms with Gasteiger partial charge in [0.25, 0.3) is 0 Å². The Morgan fingerprint density at radius 1 is 0.396 bits per heavy atom. The van der Waals surface area contributed by atoms with Crippen molar-refractivity contribution in [3.63, 3.8) is 0 Å². The number of carboxylic acids is 8. The standard InChI is InChI=1S/C62H82N14O16S2.2Gd/c77-49(78)35-69-19-23-71(37-51(81)82)27-31-75(32-28-72(24-20-69)38-52(83)84)47(59(89)90)15-9-41-5-11-43(12-6-41)65-61(93)67-57-45-3-1-17-63-55(45)56-46(4-2-18-64-56)58(57)68-62(94)66-44-13-7-42(8-14-44)10-16-48(60(91)92)76-33-29-73(39-53(85)86)25-21-70(36-50(79)80)22-26-74(30-34-76)40-54(87)88;;/h1-8,11-14,17-18,47-48,57-58H,9-10,15-16,19-40H2,(H,77,78)(H,79,80)(H,81,82)(H,83,84)(H,85,86)(H,87,88)(H,89,90)(H,91,92)(H2,65,67,93)(H2,66,68,94);;/q;2*+3. The molecule has 4 aromatic rings. The fourth-order valence-electron chi connectivity index (χ4n) is 11.9. The zero-order valence-corrected chi connectivity index (χ0v) is 58.8. The van der Waals surface area contributed by atoms with Crippen molar-refractivity contribution in [1.82, 2.24) is 59.8 Å². The topological polar surface area (TPSA) is 398 Å². The average molecular weight is 1660 g/mol. The fraction of sp³-hybridized carbons (Fsp3) is 0.484. The Hall–Kier alpha value is -5.79. The largest absolute Gasteiger partial charge is 3.00 e. The van der Waals surface area contributed by atoms with Gasteiger partial charge >= 0.3 is 128 Å². The van der Waals surface area contributed by atoms with Crippen LogP contribution in [0.25, 0.3) is 11.4 Å². The van der Waals surface area contributed by atoms with E-state index < -0.39 is 71.9 Å². The van der Waals surface area contributed by atoms with Gasteiger partial charge in [-0.3, -0.25) is 87.5 Å². The summed E-state index contributed by atoms with van der Waals surface area (Å²) < 4.78 is 0. The molecule has 96 heavy (non-hydrogen) atoms. The molecule has 7 rings (SSSR count). The first-order chi connectivity index (χ1) is 45.0. The summed E-state index contributed by atoms with van der Waals surface area (Å²) in [5, 5.41) is 93.0. The van der Waals surface area contributed by atoms with Crippen molar-refractivity contribution in [2.45, 2.75) is 49.9 Å². The van der Waals surface area contributed by atoms with Crippen LogP contribution in [0.3, 0.4) is 0 Å². The number of aliphatic carboxylic acids is 8. The molecular formula is C62H82Gd2N14O16S2+6. The molecule has 0 saturated carbocycles. The van der Waals surface area contributed by atoms with Crippen LogP contribution in [0.4, 0.5) is 11.4 Å². The van der Waals surface area contributed by atoms with Crippen molar-refractivity contribution < 1.29 is 159 Å². The van der Waals surface area contributed by atoms with Crippen LogP contribution in [0.1, 0.15) is 47.2 Å². The molecule has 0 amide bonds. The van der Waals surface area contributed by atoms with Crippen molar-refractivity contribution in [3.05, 3.63) is 107 Å². The number of nitrogens with zero attached hydrogens (tertiary/aromatic N) is 10. The van der Waals surface area contributed by atoms with E-state index in [9.17, 15) is 79.2 Å². The van der Waals surface area contributed by atoms with Crippen molar-refractivity contribution in [1.29, 1.82) is 0 Å². The molecule has 34 heteroatoms. The average Bonchev–Trinajstić information content (AvgIpc) is 0.756. The molecule has 1 aliphatic carbocycles. The first-order valence-electron chi connectivity index (χ1n) is 30.8. The number of rotatable bonds is 26. The summed E-state index contributed by atoms with van der Waals surface area (Å²) in [5.41, 5.74) is 5.73. The molecule has 2 aromatic heterocycles. The molecular weight excluding hydrogens is 1580 g/mol. The van der Waals surface area contributed by atoms with E-state index in [4.69, 9.17) is 34.4 Å². The number of benzene rings is 2. The third-order valence-electron chi connectivity index (χ3n) is 16.7. The molecule has 2 aromatic carbocycles. The summed E-state index contributed by atoms with van der Waals surface area (Å²) in [6, 6.07) is 19.0. The Balaban J connectivity index is 0.00000833. The Kier molecular flexibility index (Phi) is 34.5. The van der Waals surface area contributed by atoms with E-state index in [2.05, 4.69) is 21.3 Å². The number of anilines is 2. The molecule has 2 fully saturated rings. The number of fused-ring (bicyclic) bond motifs is 3. The summed E-state index contributed by atoms with van der Waals surface area (Å²) in [7, 11) is 0. The number of hydrogen-bond donors (Lipinski definition) is 12. The van der Waals surface area contributed by atoms with Crippen LogP contribution in [0.5, 0.6) is 0 Å². The van der Waals surface area contributed by atoms with E-state index in [1.54, 1.807) is 51.6 Å². The molecule has 2 aliphatic heterocycles. The number of aryl methyl sites for hydroxylation is 2. The summed E-state index contributed by atoms with van der Waals surface area (Å²) in [5.74, 6) is -8.69. The summed E-state index contributed by atoms with van der Waals surface area (Å²) in [4.78, 5) is 119. The van der Waals surface area contributed by atoms with Crippen molar-refractivity contribution in [2.75, 3.05) is 155 Å². The number of nitrogens with one attached hydrogen (secondary N) is 4. The maximum atomic E-state index is 13.0. The smallest absolute Gasteiger partial charge is 0.480 e. The number of pyridine rings is 2. The SMILES string of the molecule is O=C(O)CN1CCN(CC(=O)O)CCN(C(CCc2ccc(NC(=S)NC3c4cccnc4-c4ncccc4C3NC(=S)Nc3ccc(CCC(C(=O)O)N4CCN(CC(=O)O)CCN(CC(=O)O)CCN(CC(=O)O)CC4)cc3)cc2)C(=O)O)CCN(CC(=O)O)CC1.[Gd+3].[Gd+3]. The van der Waals surface area contributed by atoms with E-state index in [1.165, 1.54) is 0 Å². The molecule has 2 radical (unpaired) electrons. The number of hydrogen-bond acceptors (Lipinski definition) is 20. The number of thiocarbonyl (C=S) groups is 2. The zero-order valence-electron chi connectivity index (χ0n) is 52.6. The molecule has 0 bridgehead atoms. The van der Waals surface area contributed by atoms with Gasteiger partial charge in [0.15, 0.2) is 10.2 Å². The molecule has 30 nitrogen and oxygen atoms in total. The van der Waals surface area contributed by atoms with E-state index in [1.807, 2.05) is 72.8 Å². The van der Waals surface area contributed by atoms with Gasteiger partial charge in [-0.25, -0.2) is 0 Å². The molecule has 4 atom stereocenters. The molecule has 518 valence electrons. The summed E-state index contributed by atoms with van der Waals surface area (Å²) in [6.45, 7) is 0.922. The van der Waals surface area contributed by atoms with Crippen LogP contribution in [0.15, 0.2) is 85.2 Å². The van der Waals surface area contributed by atoms with Gasteiger partial charge in [-0.15, -0.1) is 0 Å². The second-order valence-electron chi connectivity index (χ2n) is 23.3. The van der Waals surface area contributed by atoms with Gasteiger partial charge in [0.1, 0.15) is 12.1 Å². The number of carbonyl (C=O) groups is 8. The van der Waals surface area contributed by atoms with Crippen LogP contribution in [0.2, 0.25) is 0 Å². The van der Waals surface area contributed by atoms with Gasteiger partial charge in [0.05, 0.1) is 62.7 Å². The Labute approximate surface area is 630 Å². The fourth-order valence-corrected chi connectivity index (χ4v) is 12.4. The third-order valence-corrected chi connectivity index (χ3v) is 17.1. The van der Waals surface area contributed by atoms with Crippen molar-refractivity contribution >= 4 is 93.8 Å². The Morgan fingerprint density at radius 3 is 0.885 bits per heavy atom. The van der Waals surface area contributed by atoms with E-state index >= 15 is 0 Å². The molecule has 2 saturated heterocycles. The van der Waals surface area contributed by atoms with Gasteiger partial charge in [0, 0.05) is 140 Å². The minimum Gasteiger partial charge on any atom is -0.480 e. The molecule has 0 spiro atoms. The molecule has 4 heterocycles. The quantitative estimate of drug-likeness (QED) is 0.0389. The predicted octanol–water partition coefficient (Wildman–Crippen LogP) is 0.935. The van der Waals surface area contributed by atoms with Crippen molar-refractivity contribution in [2.24, 2.45) is 0 Å². The maximum absolute atomic E-state index is 13.0. The first kappa shape index (κ1) is 80.9. The zero-order chi connectivity index (χ0) is 67.8. The van der Waals surface area contributed by atoms with Gasteiger partial charge in [-0.05, 0) is 97.6 Å².